The summed E-state index contributed by atoms with van der Waals surface area (Å²) in [5, 5.41) is 3.09. The lowest BCUT2D eigenvalue weighted by Gasteiger charge is -2.19. The van der Waals surface area contributed by atoms with Gasteiger partial charge in [0.2, 0.25) is 0 Å². The molecular weight excluding hydrogens is 228 g/mol. The summed E-state index contributed by atoms with van der Waals surface area (Å²) in [5.74, 6) is -0.0212. The normalized spacial score (nSPS) is 24.1. The lowest BCUT2D eigenvalue weighted by Crippen LogP contribution is -2.34. The maximum atomic E-state index is 11.6. The summed E-state index contributed by atoms with van der Waals surface area (Å²) in [7, 11) is 0. The van der Waals surface area contributed by atoms with Crippen LogP contribution in [0.4, 0.5) is 0 Å². The minimum Gasteiger partial charge on any atom is -0.358 e. The fraction of sp³-hybridized carbons (Fsp3) is 0.286. The average Bonchev–Trinajstić information content (AvgIpc) is 2.31. The molecule has 94 valence electrons. The van der Waals surface area contributed by atoms with Gasteiger partial charge in [0.15, 0.2) is 11.6 Å². The van der Waals surface area contributed by atoms with Crippen LogP contribution in [-0.2, 0) is 9.59 Å². The van der Waals surface area contributed by atoms with Crippen LogP contribution < -0.4 is 11.1 Å². The van der Waals surface area contributed by atoms with E-state index >= 15 is 0 Å². The maximum absolute atomic E-state index is 11.6. The van der Waals surface area contributed by atoms with Crippen LogP contribution >= 0.6 is 0 Å². The molecule has 0 aromatic carbocycles. The summed E-state index contributed by atoms with van der Waals surface area (Å²) < 4.78 is 0. The van der Waals surface area contributed by atoms with E-state index in [0.29, 0.717) is 12.1 Å². The second-order valence-electron chi connectivity index (χ2n) is 4.63. The molecule has 2 rings (SSSR count). The van der Waals surface area contributed by atoms with E-state index < -0.39 is 6.04 Å². The van der Waals surface area contributed by atoms with Crippen molar-refractivity contribution in [3.8, 4) is 0 Å². The Morgan fingerprint density at radius 3 is 2.56 bits per heavy atom. The third-order valence-corrected chi connectivity index (χ3v) is 3.11. The second-order valence-corrected chi connectivity index (χ2v) is 4.63. The highest BCUT2D eigenvalue weighted by Gasteiger charge is 2.20. The molecule has 0 fully saturated rings. The Balaban J connectivity index is 2.15. The van der Waals surface area contributed by atoms with E-state index in [4.69, 9.17) is 5.73 Å². The van der Waals surface area contributed by atoms with Crippen LogP contribution in [0.3, 0.4) is 0 Å². The van der Waals surface area contributed by atoms with Crippen molar-refractivity contribution in [3.63, 3.8) is 0 Å². The van der Waals surface area contributed by atoms with E-state index in [0.717, 1.165) is 16.8 Å². The van der Waals surface area contributed by atoms with E-state index in [1.165, 1.54) is 6.08 Å². The molecule has 18 heavy (non-hydrogen) atoms. The molecule has 0 spiro atoms. The standard InChI is InChI=1S/C14H16N2O2/c1-8-3-4-10(6-12(8)17)16-11-5-9(2)14(15)13(18)7-11/h3-5,7,14,16H,6,15H2,1-2H3. The molecule has 2 aliphatic rings. The average molecular weight is 244 g/mol. The number of ketones is 2. The van der Waals surface area contributed by atoms with Crippen molar-refractivity contribution in [1.82, 2.24) is 5.32 Å². The molecule has 0 amide bonds. The van der Waals surface area contributed by atoms with Crippen LogP contribution in [0, 0.1) is 0 Å². The molecule has 4 heteroatoms. The van der Waals surface area contributed by atoms with Gasteiger partial charge < -0.3 is 11.1 Å². The van der Waals surface area contributed by atoms with Gasteiger partial charge in [-0.25, -0.2) is 0 Å². The summed E-state index contributed by atoms with van der Waals surface area (Å²) in [4.78, 5) is 23.1. The van der Waals surface area contributed by atoms with Gasteiger partial charge in [0.25, 0.3) is 0 Å². The minimum atomic E-state index is -0.542. The lowest BCUT2D eigenvalue weighted by atomic mass is 9.97. The zero-order valence-electron chi connectivity index (χ0n) is 10.5. The van der Waals surface area contributed by atoms with E-state index in [9.17, 15) is 9.59 Å². The number of Topliss-reactive ketones (excluding diaryl/α,β-unsaturated/α-hetero) is 1. The highest BCUT2D eigenvalue weighted by Crippen LogP contribution is 2.17. The Kier molecular flexibility index (Phi) is 3.30. The molecule has 1 unspecified atom stereocenters. The largest absolute Gasteiger partial charge is 0.358 e. The second kappa shape index (κ2) is 4.74. The first-order valence-corrected chi connectivity index (χ1v) is 5.84. The number of nitrogens with one attached hydrogen (secondary N) is 1. The van der Waals surface area contributed by atoms with E-state index in [1.54, 1.807) is 13.0 Å². The van der Waals surface area contributed by atoms with E-state index in [1.807, 2.05) is 19.1 Å². The molecular formula is C14H16N2O2. The third-order valence-electron chi connectivity index (χ3n) is 3.11. The SMILES string of the molecule is CC1=CC=C(NC2=CC(=O)C(N)C(C)=C2)CC1=O. The minimum absolute atomic E-state index is 0.0974. The van der Waals surface area contributed by atoms with Gasteiger partial charge in [0.05, 0.1) is 12.5 Å². The summed E-state index contributed by atoms with van der Waals surface area (Å²) in [6.45, 7) is 3.61. The number of carbonyl (C=O) groups is 2. The van der Waals surface area contributed by atoms with Gasteiger partial charge in [0.1, 0.15) is 0 Å². The van der Waals surface area contributed by atoms with Crippen LogP contribution in [0.15, 0.2) is 46.8 Å². The Morgan fingerprint density at radius 1 is 1.22 bits per heavy atom. The lowest BCUT2D eigenvalue weighted by molar-refractivity contribution is -0.115. The molecule has 1 atom stereocenters. The molecule has 4 nitrogen and oxygen atoms in total. The van der Waals surface area contributed by atoms with Gasteiger partial charge in [-0.1, -0.05) is 6.08 Å². The first-order valence-electron chi connectivity index (χ1n) is 5.84. The van der Waals surface area contributed by atoms with Crippen LogP contribution in [-0.4, -0.2) is 17.6 Å². The molecule has 0 heterocycles. The number of hydrogen-bond donors (Lipinski definition) is 2. The smallest absolute Gasteiger partial charge is 0.178 e. The predicted molar refractivity (Wildman–Crippen MR) is 69.4 cm³/mol. The van der Waals surface area contributed by atoms with E-state index in [2.05, 4.69) is 5.32 Å². The van der Waals surface area contributed by atoms with Crippen LogP contribution in [0.2, 0.25) is 0 Å². The quantitative estimate of drug-likeness (QED) is 0.763. The van der Waals surface area contributed by atoms with E-state index in [-0.39, 0.29) is 11.6 Å². The molecule has 0 radical (unpaired) electrons. The summed E-state index contributed by atoms with van der Waals surface area (Å²) in [6.07, 6.45) is 7.30. The number of hydrogen-bond acceptors (Lipinski definition) is 4. The number of carbonyl (C=O) groups excluding carboxylic acids is 2. The van der Waals surface area contributed by atoms with Crippen molar-refractivity contribution in [1.29, 1.82) is 0 Å². The van der Waals surface area contributed by atoms with Crippen molar-refractivity contribution in [2.24, 2.45) is 5.73 Å². The van der Waals surface area contributed by atoms with Crippen LogP contribution in [0.25, 0.3) is 0 Å². The zero-order valence-corrected chi connectivity index (χ0v) is 10.5. The molecule has 2 aliphatic carbocycles. The van der Waals surface area contributed by atoms with Gasteiger partial charge in [-0.15, -0.1) is 0 Å². The van der Waals surface area contributed by atoms with Crippen LogP contribution in [0.5, 0.6) is 0 Å². The summed E-state index contributed by atoms with van der Waals surface area (Å²) >= 11 is 0. The van der Waals surface area contributed by atoms with Crippen molar-refractivity contribution in [2.75, 3.05) is 0 Å². The fourth-order valence-electron chi connectivity index (χ4n) is 1.88. The topological polar surface area (TPSA) is 72.2 Å². The van der Waals surface area contributed by atoms with Crippen molar-refractivity contribution in [3.05, 3.63) is 46.8 Å². The van der Waals surface area contributed by atoms with Crippen molar-refractivity contribution < 1.29 is 9.59 Å². The number of allylic oxidation sites excluding steroid dienone is 5. The molecule has 0 saturated carbocycles. The predicted octanol–water partition coefficient (Wildman–Crippen LogP) is 1.12. The molecule has 3 N–H and O–H groups in total. The summed E-state index contributed by atoms with van der Waals surface area (Å²) in [6, 6.07) is -0.542. The molecule has 0 aliphatic heterocycles. The number of rotatable bonds is 2. The van der Waals surface area contributed by atoms with Gasteiger partial charge >= 0.3 is 0 Å². The van der Waals surface area contributed by atoms with Crippen LogP contribution in [0.1, 0.15) is 20.3 Å². The molecule has 0 bridgehead atoms. The maximum Gasteiger partial charge on any atom is 0.178 e. The Morgan fingerprint density at radius 2 is 1.94 bits per heavy atom. The molecule has 0 aromatic rings. The fourth-order valence-corrected chi connectivity index (χ4v) is 1.88. The van der Waals surface area contributed by atoms with Gasteiger partial charge in [-0.3, -0.25) is 9.59 Å². The zero-order chi connectivity index (χ0) is 13.3. The van der Waals surface area contributed by atoms with Crippen molar-refractivity contribution >= 4 is 11.6 Å². The van der Waals surface area contributed by atoms with Gasteiger partial charge in [-0.05, 0) is 37.1 Å². The molecule has 0 aromatic heterocycles. The van der Waals surface area contributed by atoms with Gasteiger partial charge in [0, 0.05) is 17.5 Å². The third kappa shape index (κ3) is 2.49. The van der Waals surface area contributed by atoms with Crippen molar-refractivity contribution in [2.45, 2.75) is 26.3 Å². The highest BCUT2D eigenvalue weighted by molar-refractivity contribution is 5.99. The molecule has 0 saturated heterocycles. The Bertz CT molecular complexity index is 536. The summed E-state index contributed by atoms with van der Waals surface area (Å²) in [5.41, 5.74) is 8.74. The van der Waals surface area contributed by atoms with Gasteiger partial charge in [-0.2, -0.15) is 0 Å². The number of nitrogens with two attached hydrogens (primary N) is 1. The first-order chi connectivity index (χ1) is 8.47. The first kappa shape index (κ1) is 12.5. The highest BCUT2D eigenvalue weighted by atomic mass is 16.1. The Labute approximate surface area is 106 Å². The monoisotopic (exact) mass is 244 g/mol. The Hall–Kier alpha value is -1.94.